The Bertz CT molecular complexity index is 1470. The van der Waals surface area contributed by atoms with Crippen LogP contribution in [0, 0.1) is 0 Å². The maximum atomic E-state index is 13.8. The Morgan fingerprint density at radius 3 is 2.56 bits per heavy atom. The molecule has 200 valence electrons. The zero-order valence-corrected chi connectivity index (χ0v) is 23.9. The van der Waals surface area contributed by atoms with Gasteiger partial charge in [0.05, 0.1) is 35.8 Å². The zero-order valence-electron chi connectivity index (χ0n) is 21.5. The third kappa shape index (κ3) is 5.97. The maximum Gasteiger partial charge on any atom is 0.323 e. The molecule has 0 bridgehead atoms. The number of amides is 3. The van der Waals surface area contributed by atoms with Gasteiger partial charge in [0.1, 0.15) is 5.75 Å². The first-order valence-corrected chi connectivity index (χ1v) is 14.3. The van der Waals surface area contributed by atoms with Gasteiger partial charge in [0.25, 0.3) is 5.91 Å². The van der Waals surface area contributed by atoms with Crippen LogP contribution in [0.1, 0.15) is 24.9 Å². The number of halogens is 1. The molecule has 3 aromatic rings. The van der Waals surface area contributed by atoms with E-state index < -0.39 is 0 Å². The van der Waals surface area contributed by atoms with E-state index in [0.717, 1.165) is 33.9 Å². The van der Waals surface area contributed by atoms with Crippen LogP contribution >= 0.6 is 27.7 Å². The van der Waals surface area contributed by atoms with Gasteiger partial charge in [0.2, 0.25) is 0 Å². The molecule has 3 amide bonds. The van der Waals surface area contributed by atoms with E-state index in [-0.39, 0.29) is 18.0 Å². The number of benzene rings is 3. The van der Waals surface area contributed by atoms with Gasteiger partial charge in [-0.15, -0.1) is 0 Å². The number of aliphatic imine (C=N–C) groups is 1. The van der Waals surface area contributed by atoms with Crippen molar-refractivity contribution in [1.82, 2.24) is 4.90 Å². The van der Waals surface area contributed by atoms with Crippen molar-refractivity contribution in [2.75, 3.05) is 35.4 Å². The number of carbonyl (C=O) groups is 2. The van der Waals surface area contributed by atoms with Gasteiger partial charge in [0.15, 0.2) is 5.17 Å². The van der Waals surface area contributed by atoms with Crippen LogP contribution in [0.5, 0.6) is 5.75 Å². The summed E-state index contributed by atoms with van der Waals surface area (Å²) in [4.78, 5) is 33.5. The Balaban J connectivity index is 1.45. The van der Waals surface area contributed by atoms with Gasteiger partial charge in [-0.3, -0.25) is 4.79 Å². The standard InChI is InChI=1S/C29H28BrN5O3S/c1-18-25(27(36)33-23-13-5-6-14-24(23)38-2)26(35-15-8-16-39-29(35)31-18)19-9-7-10-20(17-19)32-28(37)34-22-12-4-3-11-21(22)30/h3-7,9-14,17,26H,8,15-16H2,1-2H3,(H,33,36)(H2,32,34,37). The summed E-state index contributed by atoms with van der Waals surface area (Å²) < 4.78 is 6.23. The normalized spacial score (nSPS) is 16.6. The van der Waals surface area contributed by atoms with Crippen LogP contribution < -0.4 is 20.7 Å². The van der Waals surface area contributed by atoms with Crippen LogP contribution in [0.25, 0.3) is 0 Å². The van der Waals surface area contributed by atoms with Crippen molar-refractivity contribution in [2.45, 2.75) is 19.4 Å². The molecule has 0 aliphatic carbocycles. The number of para-hydroxylation sites is 3. The smallest absolute Gasteiger partial charge is 0.323 e. The average Bonchev–Trinajstić information content (AvgIpc) is 2.94. The number of hydrogen-bond acceptors (Lipinski definition) is 6. The van der Waals surface area contributed by atoms with Crippen molar-refractivity contribution in [1.29, 1.82) is 0 Å². The third-order valence-electron chi connectivity index (χ3n) is 6.44. The maximum absolute atomic E-state index is 13.8. The molecular formula is C29H28BrN5O3S. The molecule has 0 radical (unpaired) electrons. The van der Waals surface area contributed by atoms with Crippen molar-refractivity contribution >= 4 is 61.9 Å². The molecule has 1 saturated heterocycles. The molecule has 5 rings (SSSR count). The lowest BCUT2D eigenvalue weighted by Gasteiger charge is -2.41. The molecule has 1 atom stereocenters. The van der Waals surface area contributed by atoms with E-state index in [9.17, 15) is 9.59 Å². The SMILES string of the molecule is COc1ccccc1NC(=O)C1=C(C)N=C2SCCCN2C1c1cccc(NC(=O)Nc2ccccc2Br)c1. The molecule has 1 unspecified atom stereocenters. The van der Waals surface area contributed by atoms with Crippen molar-refractivity contribution < 1.29 is 14.3 Å². The van der Waals surface area contributed by atoms with Crippen LogP contribution in [0.4, 0.5) is 21.9 Å². The van der Waals surface area contributed by atoms with Crippen molar-refractivity contribution in [3.63, 3.8) is 0 Å². The molecule has 2 heterocycles. The Labute approximate surface area is 240 Å². The lowest BCUT2D eigenvalue weighted by Crippen LogP contribution is -2.43. The summed E-state index contributed by atoms with van der Waals surface area (Å²) in [7, 11) is 1.57. The molecule has 10 heteroatoms. The molecule has 2 aliphatic heterocycles. The van der Waals surface area contributed by atoms with Gasteiger partial charge >= 0.3 is 6.03 Å². The van der Waals surface area contributed by atoms with Crippen LogP contribution in [-0.4, -0.2) is 41.4 Å². The first-order valence-electron chi connectivity index (χ1n) is 12.5. The van der Waals surface area contributed by atoms with E-state index in [4.69, 9.17) is 9.73 Å². The second-order valence-electron chi connectivity index (χ2n) is 9.03. The number of nitrogens with zero attached hydrogens (tertiary/aromatic N) is 2. The van der Waals surface area contributed by atoms with Crippen molar-refractivity contribution in [3.05, 3.63) is 94.1 Å². The Hall–Kier alpha value is -3.76. The summed E-state index contributed by atoms with van der Waals surface area (Å²) in [5, 5.41) is 9.71. The van der Waals surface area contributed by atoms with E-state index >= 15 is 0 Å². The van der Waals surface area contributed by atoms with E-state index in [2.05, 4.69) is 36.8 Å². The number of methoxy groups -OCH3 is 1. The second kappa shape index (κ2) is 12.0. The predicted octanol–water partition coefficient (Wildman–Crippen LogP) is 6.86. The number of rotatable bonds is 6. The number of anilines is 3. The molecule has 0 aromatic heterocycles. The summed E-state index contributed by atoms with van der Waals surface area (Å²) >= 11 is 5.15. The monoisotopic (exact) mass is 605 g/mol. The molecule has 0 spiro atoms. The lowest BCUT2D eigenvalue weighted by atomic mass is 9.93. The number of allylic oxidation sites excluding steroid dienone is 1. The molecule has 8 nitrogen and oxygen atoms in total. The molecule has 2 aliphatic rings. The number of fused-ring (bicyclic) bond motifs is 1. The van der Waals surface area contributed by atoms with Crippen LogP contribution in [0.15, 0.2) is 93.5 Å². The van der Waals surface area contributed by atoms with Gasteiger partial charge in [-0.05, 0) is 71.2 Å². The highest BCUT2D eigenvalue weighted by Gasteiger charge is 2.37. The Morgan fingerprint density at radius 1 is 1.00 bits per heavy atom. The fourth-order valence-electron chi connectivity index (χ4n) is 4.68. The number of urea groups is 1. The van der Waals surface area contributed by atoms with Crippen LogP contribution in [0.3, 0.4) is 0 Å². The van der Waals surface area contributed by atoms with Gasteiger partial charge in [-0.2, -0.15) is 0 Å². The highest BCUT2D eigenvalue weighted by atomic mass is 79.9. The molecule has 39 heavy (non-hydrogen) atoms. The van der Waals surface area contributed by atoms with Gasteiger partial charge in [-0.1, -0.05) is 48.2 Å². The van der Waals surface area contributed by atoms with E-state index in [0.29, 0.717) is 34.1 Å². The second-order valence-corrected chi connectivity index (χ2v) is 10.9. The summed E-state index contributed by atoms with van der Waals surface area (Å²) in [6.45, 7) is 2.65. The fraction of sp³-hybridized carbons (Fsp3) is 0.207. The quantitative estimate of drug-likeness (QED) is 0.285. The first kappa shape index (κ1) is 26.8. The number of hydrogen-bond donors (Lipinski definition) is 3. The average molecular weight is 607 g/mol. The Morgan fingerprint density at radius 2 is 1.77 bits per heavy atom. The minimum absolute atomic E-state index is 0.245. The molecular weight excluding hydrogens is 578 g/mol. The summed E-state index contributed by atoms with van der Waals surface area (Å²) in [5.74, 6) is 1.32. The topological polar surface area (TPSA) is 95.1 Å². The molecule has 0 saturated carbocycles. The number of thioether (sulfide) groups is 1. The zero-order chi connectivity index (χ0) is 27.4. The number of amidine groups is 1. The largest absolute Gasteiger partial charge is 0.495 e. The molecule has 3 aromatic carbocycles. The van der Waals surface area contributed by atoms with Gasteiger partial charge in [0, 0.05) is 22.5 Å². The number of carbonyl (C=O) groups excluding carboxylic acids is 2. The molecule has 1 fully saturated rings. The number of ether oxygens (including phenoxy) is 1. The summed E-state index contributed by atoms with van der Waals surface area (Å²) in [6, 6.07) is 21.6. The van der Waals surface area contributed by atoms with E-state index in [1.165, 1.54) is 0 Å². The predicted molar refractivity (Wildman–Crippen MR) is 162 cm³/mol. The lowest BCUT2D eigenvalue weighted by molar-refractivity contribution is -0.113. The van der Waals surface area contributed by atoms with Crippen LogP contribution in [-0.2, 0) is 4.79 Å². The minimum Gasteiger partial charge on any atom is -0.495 e. The van der Waals surface area contributed by atoms with E-state index in [1.54, 1.807) is 24.9 Å². The number of nitrogens with one attached hydrogen (secondary N) is 3. The minimum atomic E-state index is -0.368. The summed E-state index contributed by atoms with van der Waals surface area (Å²) in [5.41, 5.74) is 3.98. The first-order chi connectivity index (χ1) is 18.9. The van der Waals surface area contributed by atoms with Crippen molar-refractivity contribution in [2.24, 2.45) is 4.99 Å². The Kier molecular flexibility index (Phi) is 8.23. The van der Waals surface area contributed by atoms with E-state index in [1.807, 2.05) is 73.7 Å². The van der Waals surface area contributed by atoms with Crippen LogP contribution in [0.2, 0.25) is 0 Å². The summed E-state index contributed by atoms with van der Waals surface area (Å²) in [6.07, 6.45) is 0.979. The van der Waals surface area contributed by atoms with Gasteiger partial charge < -0.3 is 25.6 Å². The third-order valence-corrected chi connectivity index (χ3v) is 8.21. The molecule has 3 N–H and O–H groups in total. The highest BCUT2D eigenvalue weighted by molar-refractivity contribution is 9.10. The fourth-order valence-corrected chi connectivity index (χ4v) is 6.08. The highest BCUT2D eigenvalue weighted by Crippen LogP contribution is 2.40. The van der Waals surface area contributed by atoms with Crippen molar-refractivity contribution in [3.8, 4) is 5.75 Å². The van der Waals surface area contributed by atoms with Gasteiger partial charge in [-0.25, -0.2) is 9.79 Å².